The summed E-state index contributed by atoms with van der Waals surface area (Å²) in [5, 5.41) is 0.287. The molecule has 0 unspecified atom stereocenters. The van der Waals surface area contributed by atoms with E-state index in [2.05, 4.69) is 4.74 Å². The number of methoxy groups -OCH3 is 1. The van der Waals surface area contributed by atoms with Crippen molar-refractivity contribution in [1.82, 2.24) is 0 Å². The summed E-state index contributed by atoms with van der Waals surface area (Å²) in [6.07, 6.45) is 0.0659. The molecule has 4 heteroatoms. The van der Waals surface area contributed by atoms with Gasteiger partial charge in [0.25, 0.3) is 0 Å². The average molecular weight is 217 g/mol. The van der Waals surface area contributed by atoms with Crippen molar-refractivity contribution in [2.75, 3.05) is 7.11 Å². The molecule has 0 bridgehead atoms. The van der Waals surface area contributed by atoms with Crippen molar-refractivity contribution in [2.45, 2.75) is 13.3 Å². The van der Waals surface area contributed by atoms with Crippen molar-refractivity contribution in [1.29, 1.82) is 0 Å². The lowest BCUT2D eigenvalue weighted by Gasteiger charge is -2.06. The van der Waals surface area contributed by atoms with Crippen molar-refractivity contribution < 1.29 is 13.9 Å². The molecule has 14 heavy (non-hydrogen) atoms. The SMILES string of the molecule is COC(=O)Cc1ccc(F)c(C)c1Cl. The molecule has 0 saturated carbocycles. The fourth-order valence-corrected chi connectivity index (χ4v) is 1.30. The molecule has 1 aromatic carbocycles. The van der Waals surface area contributed by atoms with Gasteiger partial charge in [0, 0.05) is 5.56 Å². The molecule has 2 nitrogen and oxygen atoms in total. The molecule has 76 valence electrons. The Kier molecular flexibility index (Phi) is 3.47. The third-order valence-corrected chi connectivity index (χ3v) is 2.49. The highest BCUT2D eigenvalue weighted by atomic mass is 35.5. The number of benzene rings is 1. The van der Waals surface area contributed by atoms with Gasteiger partial charge in [-0.3, -0.25) is 4.79 Å². The van der Waals surface area contributed by atoms with Crippen LogP contribution in [0.15, 0.2) is 12.1 Å². The Labute approximate surface area is 86.6 Å². The van der Waals surface area contributed by atoms with Crippen molar-refractivity contribution in [2.24, 2.45) is 0 Å². The van der Waals surface area contributed by atoms with E-state index in [0.717, 1.165) is 0 Å². The fourth-order valence-electron chi connectivity index (χ4n) is 1.08. The van der Waals surface area contributed by atoms with Gasteiger partial charge in [-0.2, -0.15) is 0 Å². The molecule has 1 rings (SSSR count). The molecule has 0 aliphatic heterocycles. The Morgan fingerprint density at radius 3 is 2.79 bits per heavy atom. The van der Waals surface area contributed by atoms with Gasteiger partial charge in [-0.1, -0.05) is 17.7 Å². The molecular formula is C10H10ClFO2. The van der Waals surface area contributed by atoms with E-state index in [1.54, 1.807) is 6.92 Å². The lowest BCUT2D eigenvalue weighted by molar-refractivity contribution is -0.139. The molecule has 1 aromatic rings. The van der Waals surface area contributed by atoms with Crippen molar-refractivity contribution in [3.63, 3.8) is 0 Å². The quantitative estimate of drug-likeness (QED) is 0.710. The van der Waals surface area contributed by atoms with Gasteiger partial charge < -0.3 is 4.74 Å². The minimum atomic E-state index is -0.391. The number of carbonyl (C=O) groups is 1. The van der Waals surface area contributed by atoms with Crippen LogP contribution in [0.3, 0.4) is 0 Å². The van der Waals surface area contributed by atoms with Crippen LogP contribution in [0, 0.1) is 12.7 Å². The number of halogens is 2. The van der Waals surface area contributed by atoms with Crippen molar-refractivity contribution in [3.05, 3.63) is 34.1 Å². The first kappa shape index (κ1) is 11.0. The molecule has 0 spiro atoms. The third kappa shape index (κ3) is 2.23. The van der Waals surface area contributed by atoms with Crippen LogP contribution in [0.1, 0.15) is 11.1 Å². The average Bonchev–Trinajstić information content (AvgIpc) is 2.19. The van der Waals surface area contributed by atoms with Crippen LogP contribution in [0.25, 0.3) is 0 Å². The Morgan fingerprint density at radius 1 is 1.57 bits per heavy atom. The second kappa shape index (κ2) is 4.42. The largest absolute Gasteiger partial charge is 0.469 e. The standard InChI is InChI=1S/C10H10ClFO2/c1-6-8(12)4-3-7(10(6)11)5-9(13)14-2/h3-4H,5H2,1-2H3. The van der Waals surface area contributed by atoms with Gasteiger partial charge >= 0.3 is 5.97 Å². The van der Waals surface area contributed by atoms with Gasteiger partial charge in [0.05, 0.1) is 18.6 Å². The molecule has 0 saturated heterocycles. The van der Waals surface area contributed by atoms with Gasteiger partial charge in [0.2, 0.25) is 0 Å². The van der Waals surface area contributed by atoms with Crippen molar-refractivity contribution in [3.8, 4) is 0 Å². The molecule has 0 N–H and O–H groups in total. The van der Waals surface area contributed by atoms with Crippen LogP contribution >= 0.6 is 11.6 Å². The summed E-state index contributed by atoms with van der Waals surface area (Å²) in [7, 11) is 1.30. The maximum Gasteiger partial charge on any atom is 0.310 e. The minimum absolute atomic E-state index is 0.0659. The predicted octanol–water partition coefficient (Wildman–Crippen LogP) is 2.50. The molecule has 0 amide bonds. The zero-order chi connectivity index (χ0) is 10.7. The number of hydrogen-bond donors (Lipinski definition) is 0. The van der Waals surface area contributed by atoms with Crippen molar-refractivity contribution >= 4 is 17.6 Å². The molecule has 0 radical (unpaired) electrons. The zero-order valence-electron chi connectivity index (χ0n) is 7.93. The first-order chi connectivity index (χ1) is 6.56. The third-order valence-electron chi connectivity index (χ3n) is 1.96. The van der Waals surface area contributed by atoms with E-state index >= 15 is 0 Å². The smallest absolute Gasteiger partial charge is 0.310 e. The highest BCUT2D eigenvalue weighted by molar-refractivity contribution is 6.32. The Bertz CT molecular complexity index is 363. The summed E-state index contributed by atoms with van der Waals surface area (Å²) in [5.41, 5.74) is 0.936. The number of hydrogen-bond acceptors (Lipinski definition) is 2. The van der Waals surface area contributed by atoms with E-state index in [-0.39, 0.29) is 17.3 Å². The fraction of sp³-hybridized carbons (Fsp3) is 0.300. The van der Waals surface area contributed by atoms with Crippen LogP contribution in [0.2, 0.25) is 5.02 Å². The topological polar surface area (TPSA) is 26.3 Å². The zero-order valence-corrected chi connectivity index (χ0v) is 8.69. The first-order valence-electron chi connectivity index (χ1n) is 4.06. The lowest BCUT2D eigenvalue weighted by Crippen LogP contribution is -2.05. The summed E-state index contributed by atoms with van der Waals surface area (Å²) in [6, 6.07) is 2.78. The normalized spacial score (nSPS) is 10.0. The molecule has 0 fully saturated rings. The van der Waals surface area contributed by atoms with Crippen LogP contribution in [-0.2, 0) is 16.0 Å². The van der Waals surface area contributed by atoms with Gasteiger partial charge in [-0.15, -0.1) is 0 Å². The maximum absolute atomic E-state index is 13.0. The molecule has 0 aromatic heterocycles. The number of esters is 1. The summed E-state index contributed by atoms with van der Waals surface area (Å²) in [6.45, 7) is 1.57. The Balaban J connectivity index is 3.00. The van der Waals surface area contributed by atoms with Crippen LogP contribution < -0.4 is 0 Å². The van der Waals surface area contributed by atoms with Crippen LogP contribution in [-0.4, -0.2) is 13.1 Å². The number of carbonyl (C=O) groups excluding carboxylic acids is 1. The van der Waals surface area contributed by atoms with E-state index in [0.29, 0.717) is 11.1 Å². The summed E-state index contributed by atoms with van der Waals surface area (Å²) < 4.78 is 17.5. The molecule has 0 aliphatic rings. The maximum atomic E-state index is 13.0. The predicted molar refractivity (Wildman–Crippen MR) is 51.9 cm³/mol. The summed E-state index contributed by atoms with van der Waals surface area (Å²) >= 11 is 5.85. The van der Waals surface area contributed by atoms with Gasteiger partial charge in [-0.05, 0) is 18.6 Å². The van der Waals surface area contributed by atoms with E-state index in [4.69, 9.17) is 11.6 Å². The summed E-state index contributed by atoms with van der Waals surface area (Å²) in [5.74, 6) is -0.762. The van der Waals surface area contributed by atoms with Gasteiger partial charge in [0.1, 0.15) is 5.82 Å². The molecule has 0 atom stereocenters. The van der Waals surface area contributed by atoms with Gasteiger partial charge in [0.15, 0.2) is 0 Å². The number of ether oxygens (including phenoxy) is 1. The van der Waals surface area contributed by atoms with E-state index in [1.807, 2.05) is 0 Å². The van der Waals surface area contributed by atoms with Crippen LogP contribution in [0.4, 0.5) is 4.39 Å². The second-order valence-corrected chi connectivity index (χ2v) is 3.28. The Morgan fingerprint density at radius 2 is 2.21 bits per heavy atom. The lowest BCUT2D eigenvalue weighted by atomic mass is 10.1. The molecule has 0 aliphatic carbocycles. The van der Waals surface area contributed by atoms with E-state index in [1.165, 1.54) is 19.2 Å². The second-order valence-electron chi connectivity index (χ2n) is 2.90. The van der Waals surface area contributed by atoms with Gasteiger partial charge in [-0.25, -0.2) is 4.39 Å². The number of rotatable bonds is 2. The Hall–Kier alpha value is -1.09. The summed E-state index contributed by atoms with van der Waals surface area (Å²) in [4.78, 5) is 11.0. The van der Waals surface area contributed by atoms with Crippen LogP contribution in [0.5, 0.6) is 0 Å². The highest BCUT2D eigenvalue weighted by Crippen LogP contribution is 2.23. The first-order valence-corrected chi connectivity index (χ1v) is 4.44. The van der Waals surface area contributed by atoms with E-state index in [9.17, 15) is 9.18 Å². The highest BCUT2D eigenvalue weighted by Gasteiger charge is 2.11. The van der Waals surface area contributed by atoms with E-state index < -0.39 is 5.97 Å². The molecular weight excluding hydrogens is 207 g/mol. The molecule has 0 heterocycles. The monoisotopic (exact) mass is 216 g/mol. The minimum Gasteiger partial charge on any atom is -0.469 e.